The number of nitrogens with one attached hydrogen (secondary N) is 2. The summed E-state index contributed by atoms with van der Waals surface area (Å²) >= 11 is 3.34. The number of carbonyl (C=O) groups excluding carboxylic acids is 1. The number of hydrogen-bond acceptors (Lipinski definition) is 3. The first-order chi connectivity index (χ1) is 11.6. The Morgan fingerprint density at radius 3 is 2.38 bits per heavy atom. The van der Waals surface area contributed by atoms with Crippen molar-refractivity contribution in [3.63, 3.8) is 0 Å². The minimum atomic E-state index is -0.321. The van der Waals surface area contributed by atoms with E-state index >= 15 is 0 Å². The van der Waals surface area contributed by atoms with Crippen LogP contribution in [0.1, 0.15) is 10.5 Å². The lowest BCUT2D eigenvalue weighted by Crippen LogP contribution is -2.13. The third kappa shape index (κ3) is 4.17. The van der Waals surface area contributed by atoms with Gasteiger partial charge in [0.2, 0.25) is 0 Å². The molecule has 2 aromatic carbocycles. The van der Waals surface area contributed by atoms with Gasteiger partial charge in [-0.15, -0.1) is 0 Å². The molecule has 3 aromatic rings. The summed E-state index contributed by atoms with van der Waals surface area (Å²) in [6, 6.07) is 16.7. The van der Waals surface area contributed by atoms with E-state index in [1.165, 1.54) is 18.3 Å². The largest absolute Gasteiger partial charge is 0.354 e. The van der Waals surface area contributed by atoms with E-state index in [1.54, 1.807) is 36.4 Å². The Kier molecular flexibility index (Phi) is 4.86. The van der Waals surface area contributed by atoms with Crippen molar-refractivity contribution >= 4 is 38.9 Å². The zero-order chi connectivity index (χ0) is 16.9. The van der Waals surface area contributed by atoms with Crippen LogP contribution >= 0.6 is 15.9 Å². The molecule has 1 aromatic heterocycles. The second-order valence-corrected chi connectivity index (χ2v) is 5.94. The van der Waals surface area contributed by atoms with Gasteiger partial charge in [0.25, 0.3) is 5.91 Å². The molecule has 4 nitrogen and oxygen atoms in total. The summed E-state index contributed by atoms with van der Waals surface area (Å²) in [6.07, 6.45) is 1.53. The normalized spacial score (nSPS) is 10.2. The maximum absolute atomic E-state index is 13.2. The molecule has 3 rings (SSSR count). The van der Waals surface area contributed by atoms with Gasteiger partial charge in [0.05, 0.1) is 11.9 Å². The van der Waals surface area contributed by atoms with E-state index in [4.69, 9.17) is 0 Å². The zero-order valence-corrected chi connectivity index (χ0v) is 14.0. The fourth-order valence-electron chi connectivity index (χ4n) is 2.06. The first kappa shape index (κ1) is 16.1. The Morgan fingerprint density at radius 1 is 0.958 bits per heavy atom. The highest BCUT2D eigenvalue weighted by Crippen LogP contribution is 2.18. The quantitative estimate of drug-likeness (QED) is 0.665. The van der Waals surface area contributed by atoms with E-state index < -0.39 is 0 Å². The van der Waals surface area contributed by atoms with E-state index in [0.717, 1.165) is 4.47 Å². The second kappa shape index (κ2) is 7.23. The number of hydrogen-bond donors (Lipinski definition) is 2. The van der Waals surface area contributed by atoms with Gasteiger partial charge in [0.15, 0.2) is 0 Å². The van der Waals surface area contributed by atoms with Gasteiger partial charge in [-0.2, -0.15) is 0 Å². The Balaban J connectivity index is 1.67. The van der Waals surface area contributed by atoms with Gasteiger partial charge in [-0.3, -0.25) is 4.79 Å². The smallest absolute Gasteiger partial charge is 0.274 e. The van der Waals surface area contributed by atoms with Gasteiger partial charge in [0, 0.05) is 15.8 Å². The highest BCUT2D eigenvalue weighted by Gasteiger charge is 2.08. The lowest BCUT2D eigenvalue weighted by Gasteiger charge is -2.08. The first-order valence-electron chi connectivity index (χ1n) is 7.16. The summed E-state index contributed by atoms with van der Waals surface area (Å²) < 4.78 is 14.1. The van der Waals surface area contributed by atoms with Gasteiger partial charge in [0.1, 0.15) is 11.5 Å². The van der Waals surface area contributed by atoms with Gasteiger partial charge >= 0.3 is 0 Å². The molecule has 0 saturated carbocycles. The summed E-state index contributed by atoms with van der Waals surface area (Å²) in [7, 11) is 0. The molecule has 0 unspecified atom stereocenters. The summed E-state index contributed by atoms with van der Waals surface area (Å²) in [4.78, 5) is 16.3. The van der Waals surface area contributed by atoms with Crippen molar-refractivity contribution in [2.75, 3.05) is 10.6 Å². The summed E-state index contributed by atoms with van der Waals surface area (Å²) in [5.41, 5.74) is 2.26. The molecular weight excluding hydrogens is 373 g/mol. The molecule has 0 spiro atoms. The molecule has 24 heavy (non-hydrogen) atoms. The molecule has 1 amide bonds. The number of nitrogens with zero attached hydrogens (tertiary/aromatic N) is 1. The van der Waals surface area contributed by atoms with E-state index in [1.807, 2.05) is 12.1 Å². The molecule has 0 aliphatic heterocycles. The molecule has 0 radical (unpaired) electrons. The van der Waals surface area contributed by atoms with Crippen LogP contribution in [-0.4, -0.2) is 10.9 Å². The number of benzene rings is 2. The third-order valence-corrected chi connectivity index (χ3v) is 3.74. The molecule has 0 atom stereocenters. The highest BCUT2D eigenvalue weighted by atomic mass is 79.9. The minimum Gasteiger partial charge on any atom is -0.354 e. The fourth-order valence-corrected chi connectivity index (χ4v) is 2.33. The van der Waals surface area contributed by atoms with Crippen molar-refractivity contribution < 1.29 is 9.18 Å². The van der Waals surface area contributed by atoms with Crippen molar-refractivity contribution in [2.45, 2.75) is 0 Å². The molecule has 1 heterocycles. The van der Waals surface area contributed by atoms with Crippen LogP contribution in [0.25, 0.3) is 0 Å². The third-order valence-electron chi connectivity index (χ3n) is 3.21. The van der Waals surface area contributed by atoms with Crippen LogP contribution < -0.4 is 10.6 Å². The molecule has 2 N–H and O–H groups in total. The summed E-state index contributed by atoms with van der Waals surface area (Å²) in [5.74, 6) is -0.618. The standard InChI is InChI=1S/C18H13BrFN3O/c19-12-4-6-14(7-5-12)23-18(24)17-9-8-16(11-21-17)22-15-3-1-2-13(20)10-15/h1-11,22H,(H,23,24). The van der Waals surface area contributed by atoms with E-state index in [2.05, 4.69) is 31.5 Å². The Hall–Kier alpha value is -2.73. The number of amides is 1. The van der Waals surface area contributed by atoms with Crippen molar-refractivity contribution in [3.8, 4) is 0 Å². The minimum absolute atomic E-state index is 0.294. The topological polar surface area (TPSA) is 54.0 Å². The summed E-state index contributed by atoms with van der Waals surface area (Å²) in [5, 5.41) is 5.80. The second-order valence-electron chi connectivity index (χ2n) is 5.03. The van der Waals surface area contributed by atoms with Gasteiger partial charge in [-0.1, -0.05) is 22.0 Å². The number of rotatable bonds is 4. The van der Waals surface area contributed by atoms with Crippen LogP contribution in [0.4, 0.5) is 21.5 Å². The van der Waals surface area contributed by atoms with Crippen LogP contribution in [0.5, 0.6) is 0 Å². The highest BCUT2D eigenvalue weighted by molar-refractivity contribution is 9.10. The Morgan fingerprint density at radius 2 is 1.71 bits per heavy atom. The molecule has 6 heteroatoms. The number of anilines is 3. The average Bonchev–Trinajstić information content (AvgIpc) is 2.57. The predicted octanol–water partition coefficient (Wildman–Crippen LogP) is 4.98. The SMILES string of the molecule is O=C(Nc1ccc(Br)cc1)c1ccc(Nc2cccc(F)c2)cn1. The van der Waals surface area contributed by atoms with Gasteiger partial charge < -0.3 is 10.6 Å². The van der Waals surface area contributed by atoms with E-state index in [9.17, 15) is 9.18 Å². The molecule has 0 fully saturated rings. The van der Waals surface area contributed by atoms with Crippen LogP contribution in [0.2, 0.25) is 0 Å². The molecular formula is C18H13BrFN3O. The summed E-state index contributed by atoms with van der Waals surface area (Å²) in [6.45, 7) is 0. The van der Waals surface area contributed by atoms with Crippen LogP contribution in [0, 0.1) is 5.82 Å². The van der Waals surface area contributed by atoms with Crippen molar-refractivity contribution in [2.24, 2.45) is 0 Å². The van der Waals surface area contributed by atoms with Crippen LogP contribution in [-0.2, 0) is 0 Å². The first-order valence-corrected chi connectivity index (χ1v) is 7.95. The van der Waals surface area contributed by atoms with E-state index in [-0.39, 0.29) is 11.7 Å². The Labute approximate surface area is 146 Å². The lowest BCUT2D eigenvalue weighted by atomic mass is 10.2. The van der Waals surface area contributed by atoms with Gasteiger partial charge in [-0.25, -0.2) is 9.37 Å². The molecule has 0 aliphatic carbocycles. The number of halogens is 2. The van der Waals surface area contributed by atoms with Gasteiger partial charge in [-0.05, 0) is 54.6 Å². The molecule has 0 bridgehead atoms. The number of aromatic nitrogens is 1. The average molecular weight is 386 g/mol. The fraction of sp³-hybridized carbons (Fsp3) is 0. The maximum atomic E-state index is 13.2. The van der Waals surface area contributed by atoms with Crippen molar-refractivity contribution in [1.82, 2.24) is 4.98 Å². The molecule has 0 saturated heterocycles. The van der Waals surface area contributed by atoms with Crippen molar-refractivity contribution in [1.29, 1.82) is 0 Å². The maximum Gasteiger partial charge on any atom is 0.274 e. The monoisotopic (exact) mass is 385 g/mol. The molecule has 120 valence electrons. The lowest BCUT2D eigenvalue weighted by molar-refractivity contribution is 0.102. The Bertz CT molecular complexity index is 851. The van der Waals surface area contributed by atoms with Crippen LogP contribution in [0.15, 0.2) is 71.3 Å². The predicted molar refractivity (Wildman–Crippen MR) is 96.0 cm³/mol. The number of pyridine rings is 1. The number of carbonyl (C=O) groups is 1. The molecule has 0 aliphatic rings. The van der Waals surface area contributed by atoms with Crippen molar-refractivity contribution in [3.05, 3.63) is 82.8 Å². The zero-order valence-electron chi connectivity index (χ0n) is 12.5. The van der Waals surface area contributed by atoms with Crippen LogP contribution in [0.3, 0.4) is 0 Å². The van der Waals surface area contributed by atoms with E-state index in [0.29, 0.717) is 22.8 Å².